The topological polar surface area (TPSA) is 72.9 Å². The highest BCUT2D eigenvalue weighted by molar-refractivity contribution is 7.91. The van der Waals surface area contributed by atoms with Gasteiger partial charge < -0.3 is 14.4 Å². The molecule has 1 saturated heterocycles. The fourth-order valence-electron chi connectivity index (χ4n) is 2.74. The zero-order valence-electron chi connectivity index (χ0n) is 14.9. The van der Waals surface area contributed by atoms with Gasteiger partial charge in [-0.1, -0.05) is 11.6 Å². The van der Waals surface area contributed by atoms with Gasteiger partial charge in [-0.15, -0.1) is 0 Å². The highest BCUT2D eigenvalue weighted by atomic mass is 35.5. The Labute approximate surface area is 154 Å². The maximum Gasteiger partial charge on any atom is 0.224 e. The number of benzene rings is 1. The number of nitrogens with zero attached hydrogens (tertiary/aromatic N) is 1. The minimum absolute atomic E-state index is 0.0611. The Morgan fingerprint density at radius 2 is 2.12 bits per heavy atom. The molecule has 0 bridgehead atoms. The van der Waals surface area contributed by atoms with Crippen molar-refractivity contribution in [1.82, 2.24) is 4.90 Å². The summed E-state index contributed by atoms with van der Waals surface area (Å²) in [6.07, 6.45) is -0.142. The van der Waals surface area contributed by atoms with Crippen molar-refractivity contribution >= 4 is 27.3 Å². The van der Waals surface area contributed by atoms with Gasteiger partial charge in [0.25, 0.3) is 0 Å². The predicted molar refractivity (Wildman–Crippen MR) is 95.9 cm³/mol. The molecule has 1 amide bonds. The van der Waals surface area contributed by atoms with Crippen LogP contribution in [0.2, 0.25) is 5.02 Å². The number of carbonyl (C=O) groups is 1. The maximum absolute atomic E-state index is 12.6. The van der Waals surface area contributed by atoms with Crippen LogP contribution in [0.3, 0.4) is 0 Å². The molecule has 1 aliphatic heterocycles. The Balaban J connectivity index is 2.08. The summed E-state index contributed by atoms with van der Waals surface area (Å²) in [5.41, 5.74) is -0.448. The lowest BCUT2D eigenvalue weighted by atomic mass is 10.0. The normalized spacial score (nSPS) is 20.4. The minimum Gasteiger partial charge on any atom is -0.495 e. The standard InChI is InChI=1S/C17H24ClNO5S/c1-12-10-19(17(2,3)11-24-12)16(20)7-8-25(21,22)13-5-6-15(23-4)14(18)9-13/h5-6,9,12H,7-8,10-11H2,1-4H3. The number of ether oxygens (including phenoxy) is 2. The van der Waals surface area contributed by atoms with Crippen LogP contribution in [0, 0.1) is 0 Å². The number of methoxy groups -OCH3 is 1. The van der Waals surface area contributed by atoms with Crippen molar-refractivity contribution in [1.29, 1.82) is 0 Å². The molecule has 1 heterocycles. The third-order valence-electron chi connectivity index (χ3n) is 4.26. The second kappa shape index (κ2) is 7.51. The summed E-state index contributed by atoms with van der Waals surface area (Å²) in [5.74, 6) is -0.0554. The summed E-state index contributed by atoms with van der Waals surface area (Å²) in [4.78, 5) is 14.4. The fourth-order valence-corrected chi connectivity index (χ4v) is 4.31. The molecule has 6 nitrogen and oxygen atoms in total. The van der Waals surface area contributed by atoms with Crippen LogP contribution in [0.5, 0.6) is 5.75 Å². The average molecular weight is 390 g/mol. The van der Waals surface area contributed by atoms with E-state index in [1.54, 1.807) is 4.90 Å². The van der Waals surface area contributed by atoms with Crippen LogP contribution >= 0.6 is 11.6 Å². The molecule has 0 N–H and O–H groups in total. The van der Waals surface area contributed by atoms with Crippen molar-refractivity contribution < 1.29 is 22.7 Å². The van der Waals surface area contributed by atoms with Crippen LogP contribution < -0.4 is 4.74 Å². The SMILES string of the molecule is COc1ccc(S(=O)(=O)CCC(=O)N2CC(C)OCC2(C)C)cc1Cl. The second-order valence-corrected chi connectivity index (χ2v) is 9.32. The molecule has 2 rings (SSSR count). The van der Waals surface area contributed by atoms with Crippen molar-refractivity contribution in [2.75, 3.05) is 26.0 Å². The van der Waals surface area contributed by atoms with Gasteiger partial charge >= 0.3 is 0 Å². The Kier molecular flexibility index (Phi) is 6.01. The van der Waals surface area contributed by atoms with E-state index in [0.717, 1.165) is 0 Å². The molecule has 0 saturated carbocycles. The Morgan fingerprint density at radius 1 is 1.44 bits per heavy atom. The molecular formula is C17H24ClNO5S. The molecule has 25 heavy (non-hydrogen) atoms. The van der Waals surface area contributed by atoms with Gasteiger partial charge in [0, 0.05) is 13.0 Å². The van der Waals surface area contributed by atoms with Crippen molar-refractivity contribution in [2.24, 2.45) is 0 Å². The van der Waals surface area contributed by atoms with Gasteiger partial charge in [-0.25, -0.2) is 8.42 Å². The van der Waals surface area contributed by atoms with E-state index < -0.39 is 15.4 Å². The number of rotatable bonds is 5. The third kappa shape index (κ3) is 4.65. The Morgan fingerprint density at radius 3 is 2.72 bits per heavy atom. The van der Waals surface area contributed by atoms with Crippen molar-refractivity contribution in [3.8, 4) is 5.75 Å². The maximum atomic E-state index is 12.6. The summed E-state index contributed by atoms with van der Waals surface area (Å²) >= 11 is 5.99. The van der Waals surface area contributed by atoms with Gasteiger partial charge in [-0.2, -0.15) is 0 Å². The van der Waals surface area contributed by atoms with Crippen molar-refractivity contribution in [3.63, 3.8) is 0 Å². The summed E-state index contributed by atoms with van der Waals surface area (Å²) < 4.78 is 35.6. The van der Waals surface area contributed by atoms with E-state index >= 15 is 0 Å². The first-order chi connectivity index (χ1) is 11.6. The first-order valence-electron chi connectivity index (χ1n) is 8.05. The van der Waals surface area contributed by atoms with E-state index in [4.69, 9.17) is 21.1 Å². The third-order valence-corrected chi connectivity index (χ3v) is 6.27. The molecule has 1 unspecified atom stereocenters. The van der Waals surface area contributed by atoms with Gasteiger partial charge in [0.1, 0.15) is 5.75 Å². The smallest absolute Gasteiger partial charge is 0.224 e. The Bertz CT molecular complexity index is 747. The van der Waals surface area contributed by atoms with Crippen molar-refractivity contribution in [2.45, 2.75) is 43.7 Å². The zero-order chi connectivity index (χ0) is 18.8. The van der Waals surface area contributed by atoms with Gasteiger partial charge in [-0.05, 0) is 39.0 Å². The number of hydrogen-bond donors (Lipinski definition) is 0. The number of amides is 1. The molecule has 140 valence electrons. The van der Waals surface area contributed by atoms with Gasteiger partial charge in [0.2, 0.25) is 5.91 Å². The minimum atomic E-state index is -3.61. The predicted octanol–water partition coefficient (Wildman–Crippen LogP) is 2.54. The largest absolute Gasteiger partial charge is 0.495 e. The molecule has 1 aromatic rings. The van der Waals surface area contributed by atoms with Crippen LogP contribution in [-0.4, -0.2) is 56.9 Å². The summed E-state index contributed by atoms with van der Waals surface area (Å²) in [5, 5.41) is 0.220. The van der Waals surface area contributed by atoms with Crippen LogP contribution in [0.15, 0.2) is 23.1 Å². The molecule has 1 aliphatic rings. The van der Waals surface area contributed by atoms with E-state index in [-0.39, 0.29) is 34.1 Å². The van der Waals surface area contributed by atoms with E-state index in [1.807, 2.05) is 20.8 Å². The van der Waals surface area contributed by atoms with Gasteiger partial charge in [0.05, 0.1) is 41.0 Å². The molecule has 0 radical (unpaired) electrons. The van der Waals surface area contributed by atoms with Gasteiger partial charge in [-0.3, -0.25) is 4.79 Å². The molecule has 1 atom stereocenters. The number of morpholine rings is 1. The van der Waals surface area contributed by atoms with E-state index in [0.29, 0.717) is 18.9 Å². The first-order valence-corrected chi connectivity index (χ1v) is 10.1. The monoisotopic (exact) mass is 389 g/mol. The first kappa shape index (κ1) is 20.0. The molecule has 1 aromatic carbocycles. The van der Waals surface area contributed by atoms with Gasteiger partial charge in [0.15, 0.2) is 9.84 Å². The number of hydrogen-bond acceptors (Lipinski definition) is 5. The molecule has 1 fully saturated rings. The summed E-state index contributed by atoms with van der Waals surface area (Å²) in [6, 6.07) is 4.29. The Hall–Kier alpha value is -1.31. The highest BCUT2D eigenvalue weighted by Gasteiger charge is 2.36. The highest BCUT2D eigenvalue weighted by Crippen LogP contribution is 2.28. The lowest BCUT2D eigenvalue weighted by Gasteiger charge is -2.44. The second-order valence-electron chi connectivity index (χ2n) is 6.80. The molecule has 0 aliphatic carbocycles. The zero-order valence-corrected chi connectivity index (χ0v) is 16.5. The van der Waals surface area contributed by atoms with E-state index in [9.17, 15) is 13.2 Å². The lowest BCUT2D eigenvalue weighted by Crippen LogP contribution is -2.58. The number of sulfone groups is 1. The van der Waals surface area contributed by atoms with Crippen LogP contribution in [0.4, 0.5) is 0 Å². The quantitative estimate of drug-likeness (QED) is 0.773. The van der Waals surface area contributed by atoms with Crippen molar-refractivity contribution in [3.05, 3.63) is 23.2 Å². The lowest BCUT2D eigenvalue weighted by molar-refractivity contribution is -0.152. The fraction of sp³-hybridized carbons (Fsp3) is 0.588. The molecule has 0 spiro atoms. The van der Waals surface area contributed by atoms with E-state index in [1.165, 1.54) is 25.3 Å². The summed E-state index contributed by atoms with van der Waals surface area (Å²) in [6.45, 7) is 6.61. The number of halogens is 1. The van der Waals surface area contributed by atoms with Crippen LogP contribution in [-0.2, 0) is 19.4 Å². The average Bonchev–Trinajstić information content (AvgIpc) is 2.55. The molecule has 0 aromatic heterocycles. The number of carbonyl (C=O) groups excluding carboxylic acids is 1. The van der Waals surface area contributed by atoms with E-state index in [2.05, 4.69) is 0 Å². The molecule has 8 heteroatoms. The summed E-state index contributed by atoms with van der Waals surface area (Å²) in [7, 11) is -2.15. The van der Waals surface area contributed by atoms with Crippen LogP contribution in [0.25, 0.3) is 0 Å². The molecular weight excluding hydrogens is 366 g/mol. The van der Waals surface area contributed by atoms with Crippen LogP contribution in [0.1, 0.15) is 27.2 Å².